The number of methoxy groups -OCH3 is 1. The molecule has 0 saturated carbocycles. The van der Waals surface area contributed by atoms with Crippen LogP contribution in [0, 0.1) is 17.5 Å². The monoisotopic (exact) mass is 327 g/mol. The number of hydrogen-bond acceptors (Lipinski definition) is 6. The molecule has 0 aliphatic rings. The van der Waals surface area contributed by atoms with Crippen LogP contribution in [-0.4, -0.2) is 26.7 Å². The molecule has 22 heavy (non-hydrogen) atoms. The number of nitrogens with one attached hydrogen (secondary N) is 1. The van der Waals surface area contributed by atoms with Crippen molar-refractivity contribution in [3.8, 4) is 6.01 Å². The third kappa shape index (κ3) is 2.52. The van der Waals surface area contributed by atoms with Gasteiger partial charge in [-0.05, 0) is 12.1 Å². The van der Waals surface area contributed by atoms with Crippen molar-refractivity contribution in [3.63, 3.8) is 0 Å². The van der Waals surface area contributed by atoms with Crippen molar-refractivity contribution in [1.29, 1.82) is 0 Å². The maximum absolute atomic E-state index is 13.6. The molecule has 6 nitrogen and oxygen atoms in total. The third-order valence-corrected chi connectivity index (χ3v) is 3.32. The Morgan fingerprint density at radius 1 is 1.18 bits per heavy atom. The summed E-state index contributed by atoms with van der Waals surface area (Å²) in [7, 11) is 1.35. The minimum Gasteiger partial charge on any atom is -0.467 e. The lowest BCUT2D eigenvalue weighted by atomic mass is 10.3. The minimum absolute atomic E-state index is 0.0350. The molecule has 0 aliphatic carbocycles. The van der Waals surface area contributed by atoms with Crippen LogP contribution in [0.3, 0.4) is 0 Å². The Kier molecular flexibility index (Phi) is 3.75. The van der Waals surface area contributed by atoms with Gasteiger partial charge < -0.3 is 9.46 Å². The number of fused-ring (bicyclic) bond motifs is 1. The maximum Gasteiger partial charge on any atom is 0.319 e. The van der Waals surface area contributed by atoms with Gasteiger partial charge in [0.15, 0.2) is 11.5 Å². The summed E-state index contributed by atoms with van der Waals surface area (Å²) in [6.45, 7) is 0. The van der Waals surface area contributed by atoms with Gasteiger partial charge in [0.1, 0.15) is 17.3 Å². The highest BCUT2D eigenvalue weighted by molar-refractivity contribution is 8.00. The van der Waals surface area contributed by atoms with Gasteiger partial charge in [0.2, 0.25) is 5.16 Å². The SMILES string of the molecule is COc1ncc(F)c2nc(SNc3c(F)cccc3F)nn12. The number of aromatic nitrogens is 4. The normalized spacial score (nSPS) is 10.9. The summed E-state index contributed by atoms with van der Waals surface area (Å²) in [5.41, 5.74) is -0.443. The van der Waals surface area contributed by atoms with E-state index in [2.05, 4.69) is 19.8 Å². The molecular formula is C12H8F3N5OS. The number of benzene rings is 1. The van der Waals surface area contributed by atoms with E-state index in [4.69, 9.17) is 4.74 Å². The zero-order chi connectivity index (χ0) is 15.7. The third-order valence-electron chi connectivity index (χ3n) is 2.66. The van der Waals surface area contributed by atoms with E-state index in [0.717, 1.165) is 34.8 Å². The second-order valence-corrected chi connectivity index (χ2v) is 4.80. The molecule has 0 spiro atoms. The zero-order valence-corrected chi connectivity index (χ0v) is 11.9. The van der Waals surface area contributed by atoms with Crippen LogP contribution in [0.1, 0.15) is 0 Å². The second-order valence-electron chi connectivity index (χ2n) is 4.02. The molecule has 0 saturated heterocycles. The van der Waals surface area contributed by atoms with E-state index in [9.17, 15) is 13.2 Å². The molecule has 0 amide bonds. The Morgan fingerprint density at radius 3 is 2.59 bits per heavy atom. The fourth-order valence-corrected chi connectivity index (χ4v) is 2.32. The van der Waals surface area contributed by atoms with Crippen LogP contribution in [0.5, 0.6) is 6.01 Å². The van der Waals surface area contributed by atoms with Crippen molar-refractivity contribution in [3.05, 3.63) is 41.8 Å². The van der Waals surface area contributed by atoms with Gasteiger partial charge in [0.25, 0.3) is 0 Å². The number of ether oxygens (including phenoxy) is 1. The van der Waals surface area contributed by atoms with Crippen LogP contribution in [-0.2, 0) is 0 Å². The summed E-state index contributed by atoms with van der Waals surface area (Å²) < 4.78 is 49.0. The predicted octanol–water partition coefficient (Wildman–Crippen LogP) is 2.67. The number of halogens is 3. The topological polar surface area (TPSA) is 64.3 Å². The van der Waals surface area contributed by atoms with Crippen LogP contribution in [0.25, 0.3) is 5.65 Å². The molecule has 2 aromatic heterocycles. The van der Waals surface area contributed by atoms with Crippen LogP contribution >= 0.6 is 11.9 Å². The first-order valence-corrected chi connectivity index (χ1v) is 6.74. The lowest BCUT2D eigenvalue weighted by Crippen LogP contribution is -2.00. The first kappa shape index (κ1) is 14.4. The van der Waals surface area contributed by atoms with Gasteiger partial charge in [-0.15, -0.1) is 5.10 Å². The van der Waals surface area contributed by atoms with Crippen molar-refractivity contribution < 1.29 is 17.9 Å². The smallest absolute Gasteiger partial charge is 0.319 e. The molecule has 0 unspecified atom stereocenters. The molecule has 0 aliphatic heterocycles. The lowest BCUT2D eigenvalue weighted by Gasteiger charge is -2.04. The van der Waals surface area contributed by atoms with Crippen molar-refractivity contribution in [2.45, 2.75) is 5.16 Å². The van der Waals surface area contributed by atoms with Crippen molar-refractivity contribution >= 4 is 23.3 Å². The Bertz CT molecular complexity index is 821. The van der Waals surface area contributed by atoms with E-state index in [1.807, 2.05) is 0 Å². The second kappa shape index (κ2) is 5.72. The highest BCUT2D eigenvalue weighted by Gasteiger charge is 2.15. The van der Waals surface area contributed by atoms with Gasteiger partial charge in [0.05, 0.1) is 13.3 Å². The summed E-state index contributed by atoms with van der Waals surface area (Å²) in [6.07, 6.45) is 0.946. The molecule has 1 N–H and O–H groups in total. The number of hydrogen-bond donors (Lipinski definition) is 1. The molecule has 114 valence electrons. The van der Waals surface area contributed by atoms with E-state index < -0.39 is 17.5 Å². The highest BCUT2D eigenvalue weighted by atomic mass is 32.2. The van der Waals surface area contributed by atoms with Crippen molar-refractivity contribution in [2.24, 2.45) is 0 Å². The van der Waals surface area contributed by atoms with Gasteiger partial charge in [-0.2, -0.15) is 9.50 Å². The first-order chi connectivity index (χ1) is 10.6. The largest absolute Gasteiger partial charge is 0.467 e. The molecule has 2 heterocycles. The predicted molar refractivity (Wildman–Crippen MR) is 73.1 cm³/mol. The van der Waals surface area contributed by atoms with E-state index in [1.54, 1.807) is 0 Å². The Labute approximate surface area is 126 Å². The molecule has 0 radical (unpaired) electrons. The van der Waals surface area contributed by atoms with E-state index in [1.165, 1.54) is 13.2 Å². The fourth-order valence-electron chi connectivity index (χ4n) is 1.68. The average molecular weight is 327 g/mol. The Morgan fingerprint density at radius 2 is 1.91 bits per heavy atom. The van der Waals surface area contributed by atoms with Crippen LogP contribution in [0.15, 0.2) is 29.6 Å². The molecule has 0 atom stereocenters. The number of anilines is 1. The van der Waals surface area contributed by atoms with Crippen molar-refractivity contribution in [2.75, 3.05) is 11.8 Å². The average Bonchev–Trinajstić information content (AvgIpc) is 2.92. The lowest BCUT2D eigenvalue weighted by molar-refractivity contribution is 0.363. The quantitative estimate of drug-likeness (QED) is 0.743. The summed E-state index contributed by atoms with van der Waals surface area (Å²) in [5, 5.41) is 4.00. The van der Waals surface area contributed by atoms with Gasteiger partial charge in [-0.3, -0.25) is 0 Å². The van der Waals surface area contributed by atoms with Crippen LogP contribution in [0.2, 0.25) is 0 Å². The summed E-state index contributed by atoms with van der Waals surface area (Å²) in [5.74, 6) is -2.22. The standard InChI is InChI=1S/C12H8F3N5OS/c1-21-12-16-5-8(15)10-17-11(18-20(10)12)22-19-9-6(13)3-2-4-7(9)14/h2-5,19H,1H3. The van der Waals surface area contributed by atoms with Crippen molar-refractivity contribution in [1.82, 2.24) is 19.6 Å². The highest BCUT2D eigenvalue weighted by Crippen LogP contribution is 2.25. The molecule has 3 aromatic rings. The Balaban J connectivity index is 1.90. The van der Waals surface area contributed by atoms with Gasteiger partial charge in [-0.1, -0.05) is 6.07 Å². The van der Waals surface area contributed by atoms with Crippen LogP contribution in [0.4, 0.5) is 18.9 Å². The van der Waals surface area contributed by atoms with E-state index >= 15 is 0 Å². The van der Waals surface area contributed by atoms with E-state index in [-0.39, 0.29) is 22.5 Å². The molecule has 3 rings (SSSR count). The summed E-state index contributed by atoms with van der Waals surface area (Å²) in [4.78, 5) is 7.61. The summed E-state index contributed by atoms with van der Waals surface area (Å²) in [6, 6.07) is 3.49. The zero-order valence-electron chi connectivity index (χ0n) is 11.0. The number of para-hydroxylation sites is 1. The number of rotatable bonds is 4. The molecule has 10 heteroatoms. The van der Waals surface area contributed by atoms with Gasteiger partial charge in [-0.25, -0.2) is 18.2 Å². The van der Waals surface area contributed by atoms with Crippen LogP contribution < -0.4 is 9.46 Å². The molecular weight excluding hydrogens is 319 g/mol. The molecule has 0 bridgehead atoms. The molecule has 1 aromatic carbocycles. The number of nitrogens with zero attached hydrogens (tertiary/aromatic N) is 4. The van der Waals surface area contributed by atoms with Gasteiger partial charge >= 0.3 is 6.01 Å². The molecule has 0 fully saturated rings. The van der Waals surface area contributed by atoms with Gasteiger partial charge in [0, 0.05) is 11.9 Å². The first-order valence-electron chi connectivity index (χ1n) is 5.92. The fraction of sp³-hybridized carbons (Fsp3) is 0.0833. The Hall–Kier alpha value is -2.49. The maximum atomic E-state index is 13.6. The summed E-state index contributed by atoms with van der Waals surface area (Å²) >= 11 is 0.732. The van der Waals surface area contributed by atoms with E-state index in [0.29, 0.717) is 0 Å². The minimum atomic E-state index is -0.762.